The molecule has 1 saturated heterocycles. The molecule has 1 unspecified atom stereocenters. The second kappa shape index (κ2) is 5.74. The van der Waals surface area contributed by atoms with Crippen LogP contribution in [0, 0.1) is 0 Å². The van der Waals surface area contributed by atoms with Crippen molar-refractivity contribution >= 4 is 35.2 Å². The van der Waals surface area contributed by atoms with E-state index in [4.69, 9.17) is 23.2 Å². The molecular weight excluding hydrogens is 273 g/mol. The SMILES string of the molecule is O=C(C=Cc1c(Cl)cccc1Cl)N1CCC(O)C1. The molecule has 0 aliphatic carbocycles. The molecule has 5 heteroatoms. The van der Waals surface area contributed by atoms with Gasteiger partial charge in [-0.25, -0.2) is 0 Å². The third-order valence-corrected chi connectivity index (χ3v) is 3.53. The van der Waals surface area contributed by atoms with Gasteiger partial charge in [-0.15, -0.1) is 0 Å². The number of benzene rings is 1. The van der Waals surface area contributed by atoms with Crippen LogP contribution in [-0.4, -0.2) is 35.1 Å². The van der Waals surface area contributed by atoms with Crippen molar-refractivity contribution < 1.29 is 9.90 Å². The Morgan fingerprint density at radius 1 is 1.39 bits per heavy atom. The number of rotatable bonds is 2. The van der Waals surface area contributed by atoms with Crippen LogP contribution in [0.4, 0.5) is 0 Å². The summed E-state index contributed by atoms with van der Waals surface area (Å²) in [6, 6.07) is 5.19. The van der Waals surface area contributed by atoms with Gasteiger partial charge in [-0.2, -0.15) is 0 Å². The number of carbonyl (C=O) groups excluding carboxylic acids is 1. The number of likely N-dealkylation sites (tertiary alicyclic amines) is 1. The summed E-state index contributed by atoms with van der Waals surface area (Å²) in [6.07, 6.45) is 3.26. The smallest absolute Gasteiger partial charge is 0.246 e. The van der Waals surface area contributed by atoms with Gasteiger partial charge in [0.15, 0.2) is 0 Å². The van der Waals surface area contributed by atoms with Crippen molar-refractivity contribution in [3.8, 4) is 0 Å². The minimum atomic E-state index is -0.411. The van der Waals surface area contributed by atoms with Crippen molar-refractivity contribution in [2.45, 2.75) is 12.5 Å². The first-order valence-electron chi connectivity index (χ1n) is 5.67. The molecule has 1 aromatic rings. The lowest BCUT2D eigenvalue weighted by Gasteiger charge is -2.12. The van der Waals surface area contributed by atoms with Crippen molar-refractivity contribution in [1.82, 2.24) is 4.90 Å². The standard InChI is InChI=1S/C13H13Cl2NO2/c14-11-2-1-3-12(15)10(11)4-5-13(18)16-7-6-9(17)8-16/h1-5,9,17H,6-8H2. The van der Waals surface area contributed by atoms with Gasteiger partial charge in [0.25, 0.3) is 0 Å². The highest BCUT2D eigenvalue weighted by Gasteiger charge is 2.22. The van der Waals surface area contributed by atoms with Crippen molar-refractivity contribution in [3.63, 3.8) is 0 Å². The maximum atomic E-state index is 11.8. The summed E-state index contributed by atoms with van der Waals surface area (Å²) in [6.45, 7) is 0.972. The molecule has 0 radical (unpaired) electrons. The fourth-order valence-electron chi connectivity index (χ4n) is 1.87. The summed E-state index contributed by atoms with van der Waals surface area (Å²) in [7, 11) is 0. The second-order valence-electron chi connectivity index (χ2n) is 4.20. The largest absolute Gasteiger partial charge is 0.391 e. The minimum absolute atomic E-state index is 0.137. The Bertz CT molecular complexity index is 468. The molecule has 1 atom stereocenters. The van der Waals surface area contributed by atoms with Gasteiger partial charge in [0.2, 0.25) is 5.91 Å². The predicted octanol–water partition coefficient (Wildman–Crippen LogP) is 2.60. The topological polar surface area (TPSA) is 40.5 Å². The van der Waals surface area contributed by atoms with Crippen LogP contribution in [0.1, 0.15) is 12.0 Å². The van der Waals surface area contributed by atoms with E-state index in [0.717, 1.165) is 0 Å². The molecule has 1 fully saturated rings. The second-order valence-corrected chi connectivity index (χ2v) is 5.01. The number of nitrogens with zero attached hydrogens (tertiary/aromatic N) is 1. The number of carbonyl (C=O) groups is 1. The molecule has 0 saturated carbocycles. The molecule has 96 valence electrons. The Morgan fingerprint density at radius 2 is 2.06 bits per heavy atom. The lowest BCUT2D eigenvalue weighted by molar-refractivity contribution is -0.125. The molecule has 0 spiro atoms. The molecular formula is C13H13Cl2NO2. The highest BCUT2D eigenvalue weighted by atomic mass is 35.5. The maximum Gasteiger partial charge on any atom is 0.246 e. The van der Waals surface area contributed by atoms with E-state index in [1.807, 2.05) is 0 Å². The van der Waals surface area contributed by atoms with E-state index < -0.39 is 6.10 Å². The highest BCUT2D eigenvalue weighted by Crippen LogP contribution is 2.25. The molecule has 1 aliphatic rings. The number of hydrogen-bond acceptors (Lipinski definition) is 2. The van der Waals surface area contributed by atoms with Gasteiger partial charge in [0.05, 0.1) is 6.10 Å². The van der Waals surface area contributed by atoms with E-state index in [-0.39, 0.29) is 5.91 Å². The summed E-state index contributed by atoms with van der Waals surface area (Å²) in [5.74, 6) is -0.137. The first-order valence-corrected chi connectivity index (χ1v) is 6.42. The average Bonchev–Trinajstić information content (AvgIpc) is 2.75. The zero-order chi connectivity index (χ0) is 13.1. The van der Waals surface area contributed by atoms with Crippen molar-refractivity contribution in [2.75, 3.05) is 13.1 Å². The molecule has 1 amide bonds. The molecule has 0 aromatic heterocycles. The van der Waals surface area contributed by atoms with E-state index in [1.54, 1.807) is 29.2 Å². The Hall–Kier alpha value is -1.03. The van der Waals surface area contributed by atoms with Crippen LogP contribution in [-0.2, 0) is 4.79 Å². The van der Waals surface area contributed by atoms with E-state index >= 15 is 0 Å². The van der Waals surface area contributed by atoms with Crippen molar-refractivity contribution in [2.24, 2.45) is 0 Å². The van der Waals surface area contributed by atoms with Gasteiger partial charge in [-0.05, 0) is 24.6 Å². The fraction of sp³-hybridized carbons (Fsp3) is 0.308. The lowest BCUT2D eigenvalue weighted by Crippen LogP contribution is -2.27. The van der Waals surface area contributed by atoms with Gasteiger partial charge >= 0.3 is 0 Å². The zero-order valence-corrected chi connectivity index (χ0v) is 11.2. The molecule has 1 N–H and O–H groups in total. The number of hydrogen-bond donors (Lipinski definition) is 1. The van der Waals surface area contributed by atoms with Crippen LogP contribution in [0.2, 0.25) is 10.0 Å². The molecule has 0 bridgehead atoms. The number of halogens is 2. The molecule has 1 heterocycles. The van der Waals surface area contributed by atoms with Crippen LogP contribution in [0.25, 0.3) is 6.08 Å². The number of β-amino-alcohol motifs (C(OH)–C–C–N with tert-alkyl or cyclic N) is 1. The van der Waals surface area contributed by atoms with E-state index in [2.05, 4.69) is 0 Å². The number of amides is 1. The van der Waals surface area contributed by atoms with Crippen LogP contribution in [0.15, 0.2) is 24.3 Å². The summed E-state index contributed by atoms with van der Waals surface area (Å²) >= 11 is 12.0. The van der Waals surface area contributed by atoms with Crippen LogP contribution in [0.5, 0.6) is 0 Å². The van der Waals surface area contributed by atoms with Crippen LogP contribution >= 0.6 is 23.2 Å². The van der Waals surface area contributed by atoms with E-state index in [1.165, 1.54) is 6.08 Å². The van der Waals surface area contributed by atoms with E-state index in [9.17, 15) is 9.90 Å². The van der Waals surface area contributed by atoms with Crippen molar-refractivity contribution in [3.05, 3.63) is 39.9 Å². The Balaban J connectivity index is 2.09. The monoisotopic (exact) mass is 285 g/mol. The highest BCUT2D eigenvalue weighted by molar-refractivity contribution is 6.37. The maximum absolute atomic E-state index is 11.8. The van der Waals surface area contributed by atoms with Crippen molar-refractivity contribution in [1.29, 1.82) is 0 Å². The average molecular weight is 286 g/mol. The van der Waals surface area contributed by atoms with Gasteiger partial charge in [-0.1, -0.05) is 29.3 Å². The predicted molar refractivity (Wildman–Crippen MR) is 72.7 cm³/mol. The van der Waals surface area contributed by atoms with Gasteiger partial charge in [-0.3, -0.25) is 4.79 Å². The Kier molecular flexibility index (Phi) is 4.27. The summed E-state index contributed by atoms with van der Waals surface area (Å²) in [4.78, 5) is 13.4. The third kappa shape index (κ3) is 3.05. The third-order valence-electron chi connectivity index (χ3n) is 2.87. The number of aliphatic hydroxyl groups excluding tert-OH is 1. The summed E-state index contributed by atoms with van der Waals surface area (Å²) in [5.41, 5.74) is 0.633. The normalized spacial score (nSPS) is 19.7. The summed E-state index contributed by atoms with van der Waals surface area (Å²) < 4.78 is 0. The quantitative estimate of drug-likeness (QED) is 0.849. The molecule has 2 rings (SSSR count). The Labute approximate surface area is 116 Å². The van der Waals surface area contributed by atoms with Crippen LogP contribution < -0.4 is 0 Å². The lowest BCUT2D eigenvalue weighted by atomic mass is 10.2. The van der Waals surface area contributed by atoms with Gasteiger partial charge < -0.3 is 10.0 Å². The molecule has 18 heavy (non-hydrogen) atoms. The van der Waals surface area contributed by atoms with Crippen LogP contribution in [0.3, 0.4) is 0 Å². The molecule has 3 nitrogen and oxygen atoms in total. The Morgan fingerprint density at radius 3 is 2.61 bits per heavy atom. The first-order chi connectivity index (χ1) is 8.58. The van der Waals surface area contributed by atoms with Gasteiger partial charge in [0.1, 0.15) is 0 Å². The minimum Gasteiger partial charge on any atom is -0.391 e. The molecule has 1 aromatic carbocycles. The first kappa shape index (κ1) is 13.4. The molecule has 1 aliphatic heterocycles. The van der Waals surface area contributed by atoms with E-state index in [0.29, 0.717) is 35.1 Å². The summed E-state index contributed by atoms with van der Waals surface area (Å²) in [5, 5.41) is 10.4. The fourth-order valence-corrected chi connectivity index (χ4v) is 2.40. The number of aliphatic hydroxyl groups is 1. The zero-order valence-electron chi connectivity index (χ0n) is 9.64. The van der Waals surface area contributed by atoms with Gasteiger partial charge in [0, 0.05) is 34.8 Å².